The summed E-state index contributed by atoms with van der Waals surface area (Å²) in [5.41, 5.74) is 0. The molecule has 2 atom stereocenters. The van der Waals surface area contributed by atoms with Crippen LogP contribution in [0.15, 0.2) is 12.2 Å². The van der Waals surface area contributed by atoms with E-state index in [9.17, 15) is 19.8 Å². The zero-order valence-electron chi connectivity index (χ0n) is 37.6. The number of esters is 1. The Morgan fingerprint density at radius 1 is 0.482 bits per heavy atom. The summed E-state index contributed by atoms with van der Waals surface area (Å²) in [6, 6.07) is -0.544. The molecule has 6 heteroatoms. The number of hydrogen-bond acceptors (Lipinski definition) is 5. The molecule has 0 saturated carbocycles. The molecule has 2 unspecified atom stereocenters. The van der Waals surface area contributed by atoms with Gasteiger partial charge in [0.2, 0.25) is 5.91 Å². The van der Waals surface area contributed by atoms with Crippen molar-refractivity contribution < 1.29 is 24.5 Å². The van der Waals surface area contributed by atoms with E-state index in [2.05, 4.69) is 31.3 Å². The van der Waals surface area contributed by atoms with Crippen LogP contribution >= 0.6 is 0 Å². The first-order chi connectivity index (χ1) is 27.5. The molecule has 0 aromatic heterocycles. The van der Waals surface area contributed by atoms with Gasteiger partial charge in [-0.3, -0.25) is 9.59 Å². The lowest BCUT2D eigenvalue weighted by molar-refractivity contribution is -0.143. The van der Waals surface area contributed by atoms with E-state index in [-0.39, 0.29) is 18.5 Å². The molecular weight excluding hydrogens is 695 g/mol. The Morgan fingerprint density at radius 3 is 1.30 bits per heavy atom. The lowest BCUT2D eigenvalue weighted by atomic mass is 10.0. The Labute approximate surface area is 349 Å². The highest BCUT2D eigenvalue weighted by Gasteiger charge is 2.20. The van der Waals surface area contributed by atoms with E-state index in [1.165, 1.54) is 193 Å². The van der Waals surface area contributed by atoms with Crippen molar-refractivity contribution in [3.8, 4) is 0 Å². The summed E-state index contributed by atoms with van der Waals surface area (Å²) in [5, 5.41) is 23.1. The molecular formula is C50H97NO5. The highest BCUT2D eigenvalue weighted by molar-refractivity contribution is 5.76. The number of ether oxygens (including phenoxy) is 1. The van der Waals surface area contributed by atoms with Gasteiger partial charge in [-0.15, -0.1) is 0 Å². The van der Waals surface area contributed by atoms with E-state index in [1.54, 1.807) is 0 Å². The highest BCUT2D eigenvalue weighted by atomic mass is 16.5. The third kappa shape index (κ3) is 42.2. The van der Waals surface area contributed by atoms with Crippen LogP contribution in [0.2, 0.25) is 0 Å². The van der Waals surface area contributed by atoms with Crippen LogP contribution in [0.25, 0.3) is 0 Å². The van der Waals surface area contributed by atoms with Gasteiger partial charge < -0.3 is 20.3 Å². The van der Waals surface area contributed by atoms with E-state index < -0.39 is 12.1 Å². The Kier molecular flexibility index (Phi) is 45.1. The van der Waals surface area contributed by atoms with E-state index >= 15 is 0 Å². The number of carbonyl (C=O) groups is 2. The SMILES string of the molecule is CCCCC/C=C\CCCCCCCC(=O)OCCCCCCCCCCCCCCCCCCC(=O)NC(CO)C(O)CCCCCCCCCCCCC. The summed E-state index contributed by atoms with van der Waals surface area (Å²) in [7, 11) is 0. The number of rotatable bonds is 46. The number of allylic oxidation sites excluding steroid dienone is 2. The van der Waals surface area contributed by atoms with Gasteiger partial charge in [-0.1, -0.05) is 219 Å². The maximum absolute atomic E-state index is 12.4. The number of nitrogens with one attached hydrogen (secondary N) is 1. The molecule has 0 radical (unpaired) electrons. The van der Waals surface area contributed by atoms with Gasteiger partial charge in [0.25, 0.3) is 0 Å². The Bertz CT molecular complexity index is 832. The quantitative estimate of drug-likeness (QED) is 0.0324. The van der Waals surface area contributed by atoms with Crippen LogP contribution in [-0.2, 0) is 14.3 Å². The first-order valence-electron chi connectivity index (χ1n) is 24.9. The Hall–Kier alpha value is -1.40. The number of aliphatic hydroxyl groups excluding tert-OH is 2. The molecule has 3 N–H and O–H groups in total. The molecule has 1 amide bonds. The van der Waals surface area contributed by atoms with Crippen molar-refractivity contribution in [3.05, 3.63) is 12.2 Å². The van der Waals surface area contributed by atoms with Gasteiger partial charge in [-0.05, 0) is 51.4 Å². The van der Waals surface area contributed by atoms with Gasteiger partial charge in [0.05, 0.1) is 25.4 Å². The predicted molar refractivity (Wildman–Crippen MR) is 241 cm³/mol. The van der Waals surface area contributed by atoms with E-state index in [0.717, 1.165) is 44.9 Å². The van der Waals surface area contributed by atoms with Crippen molar-refractivity contribution in [2.24, 2.45) is 0 Å². The number of unbranched alkanes of at least 4 members (excludes halogenated alkanes) is 33. The fraction of sp³-hybridized carbons (Fsp3) is 0.920. The summed E-state index contributed by atoms with van der Waals surface area (Å²) in [6.07, 6.45) is 51.7. The maximum Gasteiger partial charge on any atom is 0.305 e. The van der Waals surface area contributed by atoms with Crippen molar-refractivity contribution in [1.82, 2.24) is 5.32 Å². The summed E-state index contributed by atoms with van der Waals surface area (Å²) < 4.78 is 5.45. The normalized spacial score (nSPS) is 12.7. The van der Waals surface area contributed by atoms with Crippen molar-refractivity contribution in [3.63, 3.8) is 0 Å². The van der Waals surface area contributed by atoms with Crippen molar-refractivity contribution >= 4 is 11.9 Å². The fourth-order valence-corrected chi connectivity index (χ4v) is 7.69. The monoisotopic (exact) mass is 792 g/mol. The molecule has 0 aromatic carbocycles. The van der Waals surface area contributed by atoms with Gasteiger partial charge >= 0.3 is 5.97 Å². The van der Waals surface area contributed by atoms with Crippen molar-refractivity contribution in [2.45, 2.75) is 283 Å². The van der Waals surface area contributed by atoms with E-state index in [4.69, 9.17) is 4.74 Å². The van der Waals surface area contributed by atoms with Crippen LogP contribution in [0.1, 0.15) is 271 Å². The predicted octanol–water partition coefficient (Wildman–Crippen LogP) is 14.6. The topological polar surface area (TPSA) is 95.9 Å². The number of amides is 1. The molecule has 0 aliphatic rings. The molecule has 6 nitrogen and oxygen atoms in total. The van der Waals surface area contributed by atoms with Crippen molar-refractivity contribution in [1.29, 1.82) is 0 Å². The minimum absolute atomic E-state index is 0.00708. The van der Waals surface area contributed by atoms with Gasteiger partial charge in [0, 0.05) is 12.8 Å². The molecule has 0 aromatic rings. The van der Waals surface area contributed by atoms with E-state index in [1.807, 2.05) is 0 Å². The van der Waals surface area contributed by atoms with Crippen molar-refractivity contribution in [2.75, 3.05) is 13.2 Å². The smallest absolute Gasteiger partial charge is 0.305 e. The Balaban J connectivity index is 3.42. The Morgan fingerprint density at radius 2 is 0.839 bits per heavy atom. The number of carbonyl (C=O) groups excluding carboxylic acids is 2. The summed E-state index contributed by atoms with van der Waals surface area (Å²) >= 11 is 0. The molecule has 56 heavy (non-hydrogen) atoms. The summed E-state index contributed by atoms with van der Waals surface area (Å²) in [6.45, 7) is 4.90. The lowest BCUT2D eigenvalue weighted by Crippen LogP contribution is -2.45. The van der Waals surface area contributed by atoms with Gasteiger partial charge in [0.1, 0.15) is 0 Å². The van der Waals surface area contributed by atoms with Crippen LogP contribution in [-0.4, -0.2) is 47.4 Å². The average Bonchev–Trinajstić information content (AvgIpc) is 3.20. The molecule has 0 aliphatic carbocycles. The van der Waals surface area contributed by atoms with E-state index in [0.29, 0.717) is 25.9 Å². The lowest BCUT2D eigenvalue weighted by Gasteiger charge is -2.22. The van der Waals surface area contributed by atoms with Crippen LogP contribution in [0, 0.1) is 0 Å². The van der Waals surface area contributed by atoms with Crippen LogP contribution < -0.4 is 5.32 Å². The zero-order valence-corrected chi connectivity index (χ0v) is 37.6. The molecule has 0 rings (SSSR count). The first kappa shape index (κ1) is 54.6. The highest BCUT2D eigenvalue weighted by Crippen LogP contribution is 2.16. The molecule has 0 fully saturated rings. The minimum Gasteiger partial charge on any atom is -0.466 e. The third-order valence-corrected chi connectivity index (χ3v) is 11.6. The molecule has 0 aliphatic heterocycles. The standard InChI is InChI=1S/C50H97NO5/c1-3-5-7-9-11-13-15-24-28-32-36-40-44-50(55)56-45-41-37-33-29-25-21-19-17-16-18-20-23-27-31-35-39-43-49(54)51-47(46-52)48(53)42-38-34-30-26-22-14-12-10-8-6-4-2/h11,13,47-48,52-53H,3-10,12,14-46H2,1-2H3,(H,51,54)/b13-11-. The largest absolute Gasteiger partial charge is 0.466 e. The summed E-state index contributed by atoms with van der Waals surface area (Å²) in [5.74, 6) is -0.0500. The third-order valence-electron chi connectivity index (χ3n) is 11.6. The first-order valence-corrected chi connectivity index (χ1v) is 24.9. The van der Waals surface area contributed by atoms with Crippen LogP contribution in [0.3, 0.4) is 0 Å². The number of aliphatic hydroxyl groups is 2. The maximum atomic E-state index is 12.4. The van der Waals surface area contributed by atoms with Gasteiger partial charge in [-0.25, -0.2) is 0 Å². The second-order valence-corrected chi connectivity index (χ2v) is 17.1. The van der Waals surface area contributed by atoms with Gasteiger partial charge in [-0.2, -0.15) is 0 Å². The molecule has 0 bridgehead atoms. The zero-order chi connectivity index (χ0) is 40.8. The minimum atomic E-state index is -0.666. The van der Waals surface area contributed by atoms with Crippen LogP contribution in [0.5, 0.6) is 0 Å². The molecule has 0 heterocycles. The second-order valence-electron chi connectivity index (χ2n) is 17.1. The second kappa shape index (κ2) is 46.3. The number of hydrogen-bond donors (Lipinski definition) is 3. The summed E-state index contributed by atoms with van der Waals surface area (Å²) in [4.78, 5) is 24.4. The van der Waals surface area contributed by atoms with Crippen LogP contribution in [0.4, 0.5) is 0 Å². The fourth-order valence-electron chi connectivity index (χ4n) is 7.69. The average molecular weight is 792 g/mol. The molecule has 0 saturated heterocycles. The molecule has 0 spiro atoms. The van der Waals surface area contributed by atoms with Gasteiger partial charge in [0.15, 0.2) is 0 Å². The molecule has 332 valence electrons.